The van der Waals surface area contributed by atoms with Gasteiger partial charge in [-0.1, -0.05) is 17.7 Å². The van der Waals surface area contributed by atoms with Crippen molar-refractivity contribution in [1.29, 1.82) is 0 Å². The largest absolute Gasteiger partial charge is 0.323 e. The van der Waals surface area contributed by atoms with Gasteiger partial charge in [0.05, 0.1) is 4.90 Å². The number of nitrogens with one attached hydrogen (secondary N) is 1. The SMILES string of the molecule is Cc1cc(C(=O)N2CCC2(C)C(=O)NS(=O)(=O)c2cccc(Cl)c2)nn1C. The molecule has 3 rings (SSSR count). The second-order valence-corrected chi connectivity index (χ2v) is 8.79. The van der Waals surface area contributed by atoms with Crippen LogP contribution in [0.3, 0.4) is 0 Å². The third-order valence-corrected chi connectivity index (χ3v) is 6.38. The van der Waals surface area contributed by atoms with E-state index in [1.807, 2.05) is 6.92 Å². The molecular formula is C17H19ClN4O4S. The molecule has 8 nitrogen and oxygen atoms in total. The summed E-state index contributed by atoms with van der Waals surface area (Å²) in [5, 5.41) is 4.37. The third-order valence-electron chi connectivity index (χ3n) is 4.82. The third kappa shape index (κ3) is 3.44. The monoisotopic (exact) mass is 410 g/mol. The number of hydrogen-bond acceptors (Lipinski definition) is 5. The highest BCUT2D eigenvalue weighted by Gasteiger charge is 2.51. The first-order valence-corrected chi connectivity index (χ1v) is 10.1. The Morgan fingerprint density at radius 2 is 2.00 bits per heavy atom. The summed E-state index contributed by atoms with van der Waals surface area (Å²) < 4.78 is 28.5. The number of nitrogens with zero attached hydrogens (tertiary/aromatic N) is 3. The zero-order valence-electron chi connectivity index (χ0n) is 15.1. The number of rotatable bonds is 4. The van der Waals surface area contributed by atoms with Gasteiger partial charge >= 0.3 is 0 Å². The van der Waals surface area contributed by atoms with Crippen molar-refractivity contribution in [2.24, 2.45) is 7.05 Å². The lowest BCUT2D eigenvalue weighted by atomic mass is 9.85. The number of aryl methyl sites for hydroxylation is 2. The molecule has 0 spiro atoms. The molecule has 1 aromatic heterocycles. The second-order valence-electron chi connectivity index (χ2n) is 6.67. The highest BCUT2D eigenvalue weighted by Crippen LogP contribution is 2.32. The summed E-state index contributed by atoms with van der Waals surface area (Å²) in [7, 11) is -2.39. The number of benzene rings is 1. The minimum Gasteiger partial charge on any atom is -0.323 e. The molecule has 2 amide bonds. The summed E-state index contributed by atoms with van der Waals surface area (Å²) in [4.78, 5) is 26.6. The van der Waals surface area contributed by atoms with Gasteiger partial charge in [-0.25, -0.2) is 13.1 Å². The number of sulfonamides is 1. The Balaban J connectivity index is 1.80. The fourth-order valence-electron chi connectivity index (χ4n) is 2.85. The smallest absolute Gasteiger partial charge is 0.275 e. The Bertz CT molecular complexity index is 1010. The Morgan fingerprint density at radius 3 is 2.52 bits per heavy atom. The normalized spacial score (nSPS) is 19.5. The van der Waals surface area contributed by atoms with Crippen molar-refractivity contribution in [2.45, 2.75) is 30.7 Å². The van der Waals surface area contributed by atoms with Crippen LogP contribution in [-0.4, -0.2) is 47.0 Å². The van der Waals surface area contributed by atoms with Crippen LogP contribution in [0.2, 0.25) is 5.02 Å². The molecule has 0 saturated carbocycles. The van der Waals surface area contributed by atoms with Crippen molar-refractivity contribution >= 4 is 33.4 Å². The minimum absolute atomic E-state index is 0.121. The van der Waals surface area contributed by atoms with Crippen LogP contribution in [0.15, 0.2) is 35.2 Å². The Kier molecular flexibility index (Phi) is 4.77. The van der Waals surface area contributed by atoms with Gasteiger partial charge in [-0.3, -0.25) is 14.3 Å². The van der Waals surface area contributed by atoms with Gasteiger partial charge in [-0.2, -0.15) is 5.10 Å². The zero-order valence-corrected chi connectivity index (χ0v) is 16.6. The van der Waals surface area contributed by atoms with Gasteiger partial charge in [0.1, 0.15) is 5.54 Å². The Hall–Kier alpha value is -2.39. The summed E-state index contributed by atoms with van der Waals surface area (Å²) in [5.41, 5.74) is -0.256. The Morgan fingerprint density at radius 1 is 1.30 bits per heavy atom. The zero-order chi connectivity index (χ0) is 20.0. The average molecular weight is 411 g/mol. The van der Waals surface area contributed by atoms with Crippen molar-refractivity contribution in [1.82, 2.24) is 19.4 Å². The van der Waals surface area contributed by atoms with Crippen LogP contribution in [0, 0.1) is 6.92 Å². The molecule has 0 aliphatic carbocycles. The molecule has 0 radical (unpaired) electrons. The van der Waals surface area contributed by atoms with E-state index >= 15 is 0 Å². The minimum atomic E-state index is -4.10. The summed E-state index contributed by atoms with van der Waals surface area (Å²) >= 11 is 5.82. The van der Waals surface area contributed by atoms with Gasteiger partial charge in [0, 0.05) is 24.3 Å². The molecule has 1 fully saturated rings. The first kappa shape index (κ1) is 19.4. The number of carbonyl (C=O) groups excluding carboxylic acids is 2. The predicted molar refractivity (Wildman–Crippen MR) is 98.8 cm³/mol. The van der Waals surface area contributed by atoms with Crippen LogP contribution in [0.4, 0.5) is 0 Å². The van der Waals surface area contributed by atoms with Gasteiger partial charge in [0.15, 0.2) is 5.69 Å². The van der Waals surface area contributed by atoms with Gasteiger partial charge in [-0.15, -0.1) is 0 Å². The van der Waals surface area contributed by atoms with Crippen LogP contribution in [0.25, 0.3) is 0 Å². The van der Waals surface area contributed by atoms with Crippen molar-refractivity contribution < 1.29 is 18.0 Å². The van der Waals surface area contributed by atoms with Crippen LogP contribution in [-0.2, 0) is 21.9 Å². The van der Waals surface area contributed by atoms with E-state index in [1.165, 1.54) is 36.1 Å². The predicted octanol–water partition coefficient (Wildman–Crippen LogP) is 1.49. The van der Waals surface area contributed by atoms with E-state index in [4.69, 9.17) is 11.6 Å². The molecule has 1 atom stereocenters. The molecule has 144 valence electrons. The lowest BCUT2D eigenvalue weighted by Gasteiger charge is -2.48. The maximum absolute atomic E-state index is 12.7. The molecule has 2 heterocycles. The number of hydrogen-bond donors (Lipinski definition) is 1. The van der Waals surface area contributed by atoms with Gasteiger partial charge < -0.3 is 4.90 Å². The van der Waals surface area contributed by atoms with Gasteiger partial charge in [0.25, 0.3) is 21.8 Å². The van der Waals surface area contributed by atoms with Crippen molar-refractivity contribution in [3.05, 3.63) is 46.7 Å². The molecule has 1 N–H and O–H groups in total. The fourth-order valence-corrected chi connectivity index (χ4v) is 4.23. The maximum Gasteiger partial charge on any atom is 0.275 e. The van der Waals surface area contributed by atoms with Gasteiger partial charge in [-0.05, 0) is 44.5 Å². The van der Waals surface area contributed by atoms with Crippen LogP contribution in [0.1, 0.15) is 29.5 Å². The molecule has 2 aromatic rings. The number of aromatic nitrogens is 2. The maximum atomic E-state index is 12.7. The summed E-state index contributed by atoms with van der Waals surface area (Å²) in [6.07, 6.45) is 0.349. The Labute approximate surface area is 162 Å². The van der Waals surface area contributed by atoms with E-state index in [0.717, 1.165) is 5.69 Å². The molecule has 1 aliphatic heterocycles. The topological polar surface area (TPSA) is 101 Å². The van der Waals surface area contributed by atoms with E-state index in [9.17, 15) is 18.0 Å². The number of halogens is 1. The van der Waals surface area contributed by atoms with E-state index in [2.05, 4.69) is 9.82 Å². The summed E-state index contributed by atoms with van der Waals surface area (Å²) in [6, 6.07) is 7.22. The molecule has 27 heavy (non-hydrogen) atoms. The van der Waals surface area contributed by atoms with Crippen LogP contribution < -0.4 is 4.72 Å². The second kappa shape index (κ2) is 6.65. The number of amides is 2. The quantitative estimate of drug-likeness (QED) is 0.822. The fraction of sp³-hybridized carbons (Fsp3) is 0.353. The molecule has 1 saturated heterocycles. The lowest BCUT2D eigenvalue weighted by molar-refractivity contribution is -0.135. The molecule has 1 aromatic carbocycles. The molecular weight excluding hydrogens is 392 g/mol. The number of carbonyl (C=O) groups is 2. The van der Waals surface area contributed by atoms with Gasteiger partial charge in [0.2, 0.25) is 0 Å². The van der Waals surface area contributed by atoms with Crippen molar-refractivity contribution in [3.63, 3.8) is 0 Å². The first-order chi connectivity index (χ1) is 12.5. The van der Waals surface area contributed by atoms with E-state index in [1.54, 1.807) is 17.8 Å². The van der Waals surface area contributed by atoms with E-state index in [-0.39, 0.29) is 15.6 Å². The van der Waals surface area contributed by atoms with E-state index < -0.39 is 27.4 Å². The highest BCUT2D eigenvalue weighted by molar-refractivity contribution is 7.90. The van der Waals surface area contributed by atoms with E-state index in [0.29, 0.717) is 13.0 Å². The molecule has 1 aliphatic rings. The average Bonchev–Trinajstić information content (AvgIpc) is 2.92. The van der Waals surface area contributed by atoms with Crippen molar-refractivity contribution in [2.75, 3.05) is 6.54 Å². The van der Waals surface area contributed by atoms with Crippen LogP contribution in [0.5, 0.6) is 0 Å². The molecule has 10 heteroatoms. The summed E-state index contributed by atoms with van der Waals surface area (Å²) in [5.74, 6) is -1.18. The summed E-state index contributed by atoms with van der Waals surface area (Å²) in [6.45, 7) is 3.69. The highest BCUT2D eigenvalue weighted by atomic mass is 35.5. The molecule has 1 unspecified atom stereocenters. The standard InChI is InChI=1S/C17H19ClN4O4S/c1-11-9-14(19-21(11)3)15(23)22-8-7-17(22,2)16(24)20-27(25,26)13-6-4-5-12(18)10-13/h4-6,9-10H,7-8H2,1-3H3,(H,20,24). The number of likely N-dealkylation sites (tertiary alicyclic amines) is 1. The first-order valence-electron chi connectivity index (χ1n) is 8.20. The lowest BCUT2D eigenvalue weighted by Crippen LogP contribution is -2.67. The van der Waals surface area contributed by atoms with Crippen molar-refractivity contribution in [3.8, 4) is 0 Å². The van der Waals surface area contributed by atoms with Crippen LogP contribution >= 0.6 is 11.6 Å². The molecule has 0 bridgehead atoms.